The van der Waals surface area contributed by atoms with Gasteiger partial charge in [0, 0.05) is 23.9 Å². The van der Waals surface area contributed by atoms with Gasteiger partial charge in [-0.2, -0.15) is 0 Å². The predicted octanol–water partition coefficient (Wildman–Crippen LogP) is 3.63. The topological polar surface area (TPSA) is 80.1 Å². The van der Waals surface area contributed by atoms with E-state index in [2.05, 4.69) is 21.3 Å². The van der Waals surface area contributed by atoms with Crippen LogP contribution in [0.5, 0.6) is 0 Å². The first-order chi connectivity index (χ1) is 16.0. The van der Waals surface area contributed by atoms with Gasteiger partial charge in [-0.1, -0.05) is 60.5 Å². The van der Waals surface area contributed by atoms with E-state index in [0.717, 1.165) is 11.3 Å². The first-order valence-corrected chi connectivity index (χ1v) is 10.2. The molecule has 0 unspecified atom stereocenters. The van der Waals surface area contributed by atoms with Gasteiger partial charge in [-0.3, -0.25) is 9.59 Å². The van der Waals surface area contributed by atoms with Crippen LogP contribution in [0.1, 0.15) is 16.2 Å². The lowest BCUT2D eigenvalue weighted by molar-refractivity contribution is -0.116. The normalized spacial score (nSPS) is 10.3. The molecule has 0 fully saturated rings. The number of carbonyl (C=O) groups is 2. The number of amides is 2. The number of hydrogen-bond acceptors (Lipinski definition) is 4. The van der Waals surface area contributed by atoms with Crippen molar-refractivity contribution in [3.63, 3.8) is 0 Å². The van der Waals surface area contributed by atoms with E-state index in [1.54, 1.807) is 28.9 Å². The third-order valence-corrected chi connectivity index (χ3v) is 4.87. The molecule has 0 radical (unpaired) electrons. The fourth-order valence-electron chi connectivity index (χ4n) is 3.27. The highest BCUT2D eigenvalue weighted by molar-refractivity contribution is 5.97. The van der Waals surface area contributed by atoms with Crippen molar-refractivity contribution in [2.75, 3.05) is 18.9 Å². The number of hydrogen-bond donors (Lipinski definition) is 1. The highest BCUT2D eigenvalue weighted by atomic mass is 16.2. The molecule has 0 bridgehead atoms. The molecule has 0 aliphatic carbocycles. The lowest BCUT2D eigenvalue weighted by Crippen LogP contribution is -2.35. The molecule has 7 heteroatoms. The molecule has 1 N–H and O–H groups in total. The van der Waals surface area contributed by atoms with Crippen LogP contribution in [0.15, 0.2) is 84.9 Å². The molecule has 0 aliphatic rings. The lowest BCUT2D eigenvalue weighted by atomic mass is 10.2. The van der Waals surface area contributed by atoms with Crippen LogP contribution in [-0.4, -0.2) is 45.1 Å². The van der Waals surface area contributed by atoms with Crippen molar-refractivity contribution in [3.05, 3.63) is 96.3 Å². The maximum Gasteiger partial charge on any atom is 0.293 e. The zero-order valence-corrected chi connectivity index (χ0v) is 18.0. The number of benzene rings is 3. The zero-order chi connectivity index (χ0) is 23.2. The summed E-state index contributed by atoms with van der Waals surface area (Å²) in [5.41, 5.74) is 2.81. The minimum Gasteiger partial charge on any atom is -0.330 e. The van der Waals surface area contributed by atoms with E-state index < -0.39 is 5.91 Å². The van der Waals surface area contributed by atoms with E-state index in [9.17, 15) is 9.59 Å². The van der Waals surface area contributed by atoms with Crippen LogP contribution < -0.4 is 5.32 Å². The summed E-state index contributed by atoms with van der Waals surface area (Å²) < 4.78 is 1.63. The molecule has 0 saturated carbocycles. The highest BCUT2D eigenvalue weighted by Crippen LogP contribution is 2.21. The largest absolute Gasteiger partial charge is 0.330 e. The van der Waals surface area contributed by atoms with Gasteiger partial charge in [0.25, 0.3) is 5.91 Å². The molecule has 4 rings (SSSR count). The number of para-hydroxylation sites is 1. The second-order valence-corrected chi connectivity index (χ2v) is 7.31. The summed E-state index contributed by atoms with van der Waals surface area (Å²) in [6.45, 7) is -0.167. The predicted molar refractivity (Wildman–Crippen MR) is 127 cm³/mol. The summed E-state index contributed by atoms with van der Waals surface area (Å²) in [4.78, 5) is 31.3. The van der Waals surface area contributed by atoms with Crippen LogP contribution in [0.4, 0.5) is 5.69 Å². The van der Waals surface area contributed by atoms with Crippen molar-refractivity contribution in [1.29, 1.82) is 0 Å². The van der Waals surface area contributed by atoms with E-state index in [1.165, 1.54) is 11.9 Å². The molecule has 0 aliphatic heterocycles. The second-order valence-electron chi connectivity index (χ2n) is 7.31. The molecule has 0 saturated heterocycles. The van der Waals surface area contributed by atoms with Crippen LogP contribution in [0, 0.1) is 12.3 Å². The number of nitrogens with zero attached hydrogens (tertiary/aromatic N) is 4. The van der Waals surface area contributed by atoms with Crippen LogP contribution in [0.3, 0.4) is 0 Å². The summed E-state index contributed by atoms with van der Waals surface area (Å²) in [5.74, 6) is 2.24. The zero-order valence-electron chi connectivity index (χ0n) is 18.0. The Morgan fingerprint density at radius 2 is 1.70 bits per heavy atom. The summed E-state index contributed by atoms with van der Waals surface area (Å²) in [6, 6.07) is 25.9. The maximum atomic E-state index is 13.0. The molecule has 3 aromatic carbocycles. The van der Waals surface area contributed by atoms with E-state index in [-0.39, 0.29) is 18.3 Å². The van der Waals surface area contributed by atoms with Gasteiger partial charge in [0.05, 0.1) is 12.2 Å². The van der Waals surface area contributed by atoms with Crippen molar-refractivity contribution < 1.29 is 9.59 Å². The number of terminal acetylenes is 1. The third kappa shape index (κ3) is 4.97. The van der Waals surface area contributed by atoms with Crippen molar-refractivity contribution in [2.24, 2.45) is 0 Å². The van der Waals surface area contributed by atoms with E-state index >= 15 is 0 Å². The number of carbonyl (C=O) groups excluding carboxylic acids is 2. The Bertz CT molecular complexity index is 1270. The Kier molecular flexibility index (Phi) is 6.28. The van der Waals surface area contributed by atoms with Gasteiger partial charge in [-0.15, -0.1) is 11.5 Å². The average molecular weight is 435 g/mol. The van der Waals surface area contributed by atoms with Gasteiger partial charge < -0.3 is 10.2 Å². The molecule has 1 heterocycles. The smallest absolute Gasteiger partial charge is 0.293 e. The Labute approximate surface area is 191 Å². The Hall–Kier alpha value is -4.70. The fraction of sp³-hybridized carbons (Fsp3) is 0.0769. The van der Waals surface area contributed by atoms with Crippen LogP contribution in [-0.2, 0) is 4.79 Å². The van der Waals surface area contributed by atoms with Crippen molar-refractivity contribution >= 4 is 17.5 Å². The second kappa shape index (κ2) is 9.62. The third-order valence-electron chi connectivity index (χ3n) is 4.87. The molecule has 162 valence electrons. The number of anilines is 1. The average Bonchev–Trinajstić information content (AvgIpc) is 3.30. The van der Waals surface area contributed by atoms with Gasteiger partial charge in [-0.05, 0) is 30.3 Å². The minimum atomic E-state index is -0.464. The molecular formula is C26H21N5O2. The summed E-state index contributed by atoms with van der Waals surface area (Å²) in [6.07, 6.45) is 5.40. The molecule has 33 heavy (non-hydrogen) atoms. The minimum absolute atomic E-state index is 0.00216. The summed E-state index contributed by atoms with van der Waals surface area (Å²) >= 11 is 0. The van der Waals surface area contributed by atoms with Crippen LogP contribution >= 0.6 is 0 Å². The fourth-order valence-corrected chi connectivity index (χ4v) is 3.27. The number of rotatable bonds is 6. The Morgan fingerprint density at radius 3 is 2.39 bits per heavy atom. The number of aromatic nitrogens is 3. The molecule has 0 atom stereocenters. The van der Waals surface area contributed by atoms with Crippen molar-refractivity contribution in [1.82, 2.24) is 19.7 Å². The van der Waals surface area contributed by atoms with Gasteiger partial charge in [-0.25, -0.2) is 9.67 Å². The van der Waals surface area contributed by atoms with Crippen LogP contribution in [0.25, 0.3) is 17.1 Å². The van der Waals surface area contributed by atoms with Gasteiger partial charge in [0.15, 0.2) is 5.82 Å². The molecule has 7 nitrogen and oxygen atoms in total. The molecule has 2 amide bonds. The molecular weight excluding hydrogens is 414 g/mol. The standard InChI is InChI=1S/C26H21N5O2/c1-3-19-11-10-14-21(17-19)27-23(32)18-30(2)26(33)24-28-25(20-12-6-4-7-13-20)31(29-24)22-15-8-5-9-16-22/h1,4-17H,18H2,2H3,(H,27,32). The summed E-state index contributed by atoms with van der Waals surface area (Å²) in [5, 5.41) is 7.20. The highest BCUT2D eigenvalue weighted by Gasteiger charge is 2.23. The Morgan fingerprint density at radius 1 is 1.00 bits per heavy atom. The van der Waals surface area contributed by atoms with E-state index in [4.69, 9.17) is 6.42 Å². The molecule has 0 spiro atoms. The number of likely N-dealkylation sites (N-methyl/N-ethyl adjacent to an activating group) is 1. The first kappa shape index (κ1) is 21.5. The SMILES string of the molecule is C#Cc1cccc(NC(=O)CN(C)C(=O)c2nc(-c3ccccc3)n(-c3ccccc3)n2)c1. The Balaban J connectivity index is 1.55. The lowest BCUT2D eigenvalue weighted by Gasteiger charge is -2.15. The van der Waals surface area contributed by atoms with Crippen molar-refractivity contribution in [3.8, 4) is 29.4 Å². The monoisotopic (exact) mass is 435 g/mol. The summed E-state index contributed by atoms with van der Waals surface area (Å²) in [7, 11) is 1.53. The molecule has 1 aromatic heterocycles. The number of nitrogens with one attached hydrogen (secondary N) is 1. The van der Waals surface area contributed by atoms with E-state index in [1.807, 2.05) is 60.7 Å². The maximum absolute atomic E-state index is 13.0. The van der Waals surface area contributed by atoms with E-state index in [0.29, 0.717) is 17.1 Å². The molecule has 4 aromatic rings. The van der Waals surface area contributed by atoms with Gasteiger partial charge >= 0.3 is 0 Å². The van der Waals surface area contributed by atoms with Gasteiger partial charge in [0.2, 0.25) is 11.7 Å². The quantitative estimate of drug-likeness (QED) is 0.469. The van der Waals surface area contributed by atoms with Crippen molar-refractivity contribution in [2.45, 2.75) is 0 Å². The van der Waals surface area contributed by atoms with Gasteiger partial charge in [0.1, 0.15) is 0 Å². The van der Waals surface area contributed by atoms with Crippen LogP contribution in [0.2, 0.25) is 0 Å². The first-order valence-electron chi connectivity index (χ1n) is 10.2.